The maximum absolute atomic E-state index is 8.88. The highest BCUT2D eigenvalue weighted by molar-refractivity contribution is 5.39. The predicted molar refractivity (Wildman–Crippen MR) is 67.1 cm³/mol. The van der Waals surface area contributed by atoms with Crippen molar-refractivity contribution in [1.82, 2.24) is 0 Å². The molecular weight excluding hydrogens is 200 g/mol. The van der Waals surface area contributed by atoms with E-state index in [1.807, 2.05) is 6.07 Å². The fraction of sp³-hybridized carbons (Fsp3) is 0.571. The smallest absolute Gasteiger partial charge is 0.122 e. The molecule has 0 aliphatic rings. The number of aliphatic hydroxyl groups excluding tert-OH is 1. The zero-order chi connectivity index (χ0) is 12.2. The van der Waals surface area contributed by atoms with Crippen molar-refractivity contribution in [2.45, 2.75) is 39.0 Å². The maximum Gasteiger partial charge on any atom is 0.122 e. The molecule has 0 unspecified atom stereocenters. The van der Waals surface area contributed by atoms with Crippen LogP contribution >= 0.6 is 0 Å². The number of rotatable bonds is 4. The molecule has 0 aliphatic carbocycles. The fourth-order valence-electron chi connectivity index (χ4n) is 1.71. The van der Waals surface area contributed by atoms with Crippen molar-refractivity contribution >= 4 is 0 Å². The van der Waals surface area contributed by atoms with Crippen LogP contribution in [0.2, 0.25) is 0 Å². The monoisotopic (exact) mass is 222 g/mol. The van der Waals surface area contributed by atoms with Crippen LogP contribution in [0.5, 0.6) is 5.75 Å². The Labute approximate surface area is 98.3 Å². The fourth-order valence-corrected chi connectivity index (χ4v) is 1.71. The molecule has 0 spiro atoms. The van der Waals surface area contributed by atoms with E-state index in [-0.39, 0.29) is 12.0 Å². The van der Waals surface area contributed by atoms with Gasteiger partial charge in [-0.3, -0.25) is 0 Å². The molecule has 0 saturated heterocycles. The van der Waals surface area contributed by atoms with Crippen LogP contribution < -0.4 is 4.74 Å². The lowest BCUT2D eigenvalue weighted by Crippen LogP contribution is -2.11. The highest BCUT2D eigenvalue weighted by atomic mass is 16.5. The molecule has 0 radical (unpaired) electrons. The molecule has 2 heteroatoms. The molecule has 1 aromatic rings. The summed E-state index contributed by atoms with van der Waals surface area (Å²) in [5.41, 5.74) is 2.64. The van der Waals surface area contributed by atoms with Crippen LogP contribution in [0.15, 0.2) is 18.2 Å². The van der Waals surface area contributed by atoms with Gasteiger partial charge < -0.3 is 9.84 Å². The normalized spacial score (nSPS) is 11.6. The van der Waals surface area contributed by atoms with E-state index in [4.69, 9.17) is 9.84 Å². The molecule has 0 saturated carbocycles. The number of benzene rings is 1. The van der Waals surface area contributed by atoms with Gasteiger partial charge in [0.25, 0.3) is 0 Å². The lowest BCUT2D eigenvalue weighted by atomic mass is 9.85. The van der Waals surface area contributed by atoms with E-state index in [0.29, 0.717) is 0 Å². The molecule has 1 N–H and O–H groups in total. The van der Waals surface area contributed by atoms with Crippen LogP contribution in [0, 0.1) is 0 Å². The number of aryl methyl sites for hydroxylation is 1. The first-order valence-corrected chi connectivity index (χ1v) is 5.77. The minimum Gasteiger partial charge on any atom is -0.496 e. The largest absolute Gasteiger partial charge is 0.496 e. The number of hydrogen-bond acceptors (Lipinski definition) is 2. The maximum atomic E-state index is 8.88. The summed E-state index contributed by atoms with van der Waals surface area (Å²) in [5.74, 6) is 0.918. The van der Waals surface area contributed by atoms with Gasteiger partial charge in [-0.15, -0.1) is 0 Å². The molecule has 0 bridgehead atoms. The summed E-state index contributed by atoms with van der Waals surface area (Å²) in [7, 11) is 1.69. The SMILES string of the molecule is COc1ccc(C(C)(C)C)cc1CCCO. The van der Waals surface area contributed by atoms with Gasteiger partial charge in [-0.1, -0.05) is 32.9 Å². The zero-order valence-corrected chi connectivity index (χ0v) is 10.7. The first-order valence-electron chi connectivity index (χ1n) is 5.77. The van der Waals surface area contributed by atoms with Crippen molar-refractivity contribution in [3.05, 3.63) is 29.3 Å². The topological polar surface area (TPSA) is 29.5 Å². The Morgan fingerprint density at radius 1 is 1.25 bits per heavy atom. The van der Waals surface area contributed by atoms with E-state index in [1.165, 1.54) is 11.1 Å². The second kappa shape index (κ2) is 5.35. The van der Waals surface area contributed by atoms with Gasteiger partial charge >= 0.3 is 0 Å². The van der Waals surface area contributed by atoms with Crippen LogP contribution in [0.4, 0.5) is 0 Å². The number of hydrogen-bond donors (Lipinski definition) is 1. The molecular formula is C14H22O2. The molecule has 1 aromatic carbocycles. The molecule has 2 nitrogen and oxygen atoms in total. The molecule has 90 valence electrons. The van der Waals surface area contributed by atoms with E-state index < -0.39 is 0 Å². The standard InChI is InChI=1S/C14H22O2/c1-14(2,3)12-7-8-13(16-4)11(10-12)6-5-9-15/h7-8,10,15H,5-6,9H2,1-4H3. The number of ether oxygens (including phenoxy) is 1. The van der Waals surface area contributed by atoms with Gasteiger partial charge in [0.1, 0.15) is 5.75 Å². The van der Waals surface area contributed by atoms with Gasteiger partial charge in [0, 0.05) is 6.61 Å². The Kier molecular flexibility index (Phi) is 4.36. The Balaban J connectivity index is 3.01. The van der Waals surface area contributed by atoms with E-state index in [0.717, 1.165) is 18.6 Å². The molecule has 0 aliphatic heterocycles. The van der Waals surface area contributed by atoms with Gasteiger partial charge in [-0.05, 0) is 35.4 Å². The van der Waals surface area contributed by atoms with E-state index >= 15 is 0 Å². The van der Waals surface area contributed by atoms with Gasteiger partial charge in [0.05, 0.1) is 7.11 Å². The summed E-state index contributed by atoms with van der Waals surface area (Å²) in [6.07, 6.45) is 1.65. The average Bonchev–Trinajstić information content (AvgIpc) is 2.24. The molecule has 0 heterocycles. The second-order valence-corrected chi connectivity index (χ2v) is 5.10. The second-order valence-electron chi connectivity index (χ2n) is 5.10. The first-order chi connectivity index (χ1) is 7.49. The predicted octanol–water partition coefficient (Wildman–Crippen LogP) is 2.92. The van der Waals surface area contributed by atoms with Gasteiger partial charge in [0.2, 0.25) is 0 Å². The molecule has 0 fully saturated rings. The van der Waals surface area contributed by atoms with Crippen molar-refractivity contribution < 1.29 is 9.84 Å². The van der Waals surface area contributed by atoms with Crippen LogP contribution in [-0.2, 0) is 11.8 Å². The molecule has 16 heavy (non-hydrogen) atoms. The van der Waals surface area contributed by atoms with Crippen molar-refractivity contribution in [2.24, 2.45) is 0 Å². The van der Waals surface area contributed by atoms with Crippen molar-refractivity contribution in [2.75, 3.05) is 13.7 Å². The van der Waals surface area contributed by atoms with Crippen LogP contribution in [0.3, 0.4) is 0 Å². The third-order valence-electron chi connectivity index (χ3n) is 2.75. The summed E-state index contributed by atoms with van der Waals surface area (Å²) in [6, 6.07) is 6.32. The summed E-state index contributed by atoms with van der Waals surface area (Å²) in [5, 5.41) is 8.88. The Bertz CT molecular complexity index is 337. The van der Waals surface area contributed by atoms with Crippen molar-refractivity contribution in [1.29, 1.82) is 0 Å². The summed E-state index contributed by atoms with van der Waals surface area (Å²) in [6.45, 7) is 6.82. The minimum absolute atomic E-state index is 0.153. The Morgan fingerprint density at radius 3 is 2.44 bits per heavy atom. The van der Waals surface area contributed by atoms with Crippen LogP contribution in [0.25, 0.3) is 0 Å². The highest BCUT2D eigenvalue weighted by Crippen LogP contribution is 2.28. The molecule has 0 amide bonds. The van der Waals surface area contributed by atoms with E-state index in [1.54, 1.807) is 7.11 Å². The van der Waals surface area contributed by atoms with Crippen molar-refractivity contribution in [3.63, 3.8) is 0 Å². The average molecular weight is 222 g/mol. The van der Waals surface area contributed by atoms with Crippen LogP contribution in [0.1, 0.15) is 38.3 Å². The number of methoxy groups -OCH3 is 1. The molecule has 1 rings (SSSR count). The van der Waals surface area contributed by atoms with E-state index in [9.17, 15) is 0 Å². The third kappa shape index (κ3) is 3.24. The van der Waals surface area contributed by atoms with Gasteiger partial charge in [-0.2, -0.15) is 0 Å². The zero-order valence-electron chi connectivity index (χ0n) is 10.7. The van der Waals surface area contributed by atoms with Crippen molar-refractivity contribution in [3.8, 4) is 5.75 Å². The van der Waals surface area contributed by atoms with Gasteiger partial charge in [-0.25, -0.2) is 0 Å². The molecule has 0 aromatic heterocycles. The summed E-state index contributed by atoms with van der Waals surface area (Å²) in [4.78, 5) is 0. The quantitative estimate of drug-likeness (QED) is 0.848. The van der Waals surface area contributed by atoms with Gasteiger partial charge in [0.15, 0.2) is 0 Å². The molecule has 0 atom stereocenters. The lowest BCUT2D eigenvalue weighted by molar-refractivity contribution is 0.287. The highest BCUT2D eigenvalue weighted by Gasteiger charge is 2.15. The third-order valence-corrected chi connectivity index (χ3v) is 2.75. The Morgan fingerprint density at radius 2 is 1.94 bits per heavy atom. The van der Waals surface area contributed by atoms with Crippen LogP contribution in [-0.4, -0.2) is 18.8 Å². The Hall–Kier alpha value is -1.02. The minimum atomic E-state index is 0.153. The van der Waals surface area contributed by atoms with E-state index in [2.05, 4.69) is 32.9 Å². The summed E-state index contributed by atoms with van der Waals surface area (Å²) < 4.78 is 5.33. The first kappa shape index (κ1) is 13.0. The lowest BCUT2D eigenvalue weighted by Gasteiger charge is -2.21. The number of aliphatic hydroxyl groups is 1. The summed E-state index contributed by atoms with van der Waals surface area (Å²) >= 11 is 0.